The summed E-state index contributed by atoms with van der Waals surface area (Å²) in [7, 11) is 0. The lowest BCUT2D eigenvalue weighted by molar-refractivity contribution is -0.122. The van der Waals surface area contributed by atoms with Crippen LogP contribution < -0.4 is 10.1 Å². The van der Waals surface area contributed by atoms with Gasteiger partial charge in [0.05, 0.1) is 11.3 Å². The highest BCUT2D eigenvalue weighted by molar-refractivity contribution is 5.98. The van der Waals surface area contributed by atoms with E-state index in [2.05, 4.69) is 5.32 Å². The van der Waals surface area contributed by atoms with Crippen LogP contribution in [0.4, 0.5) is 32.0 Å². The van der Waals surface area contributed by atoms with E-state index in [9.17, 15) is 31.1 Å². The Morgan fingerprint density at radius 2 is 1.46 bits per heavy atom. The van der Waals surface area contributed by atoms with Crippen molar-refractivity contribution >= 4 is 11.6 Å². The van der Waals surface area contributed by atoms with Gasteiger partial charge in [0.1, 0.15) is 11.6 Å². The average molecular weight is 347 g/mol. The van der Waals surface area contributed by atoms with Crippen molar-refractivity contribution in [1.82, 2.24) is 0 Å². The lowest BCUT2D eigenvalue weighted by Crippen LogP contribution is -2.34. The molecule has 3 nitrogen and oxygen atoms in total. The zero-order valence-electron chi connectivity index (χ0n) is 11.8. The summed E-state index contributed by atoms with van der Waals surface area (Å²) < 4.78 is 86.6. The molecule has 1 atom stereocenters. The molecule has 1 heterocycles. The largest absolute Gasteiger partial charge is 0.479 e. The van der Waals surface area contributed by atoms with Crippen molar-refractivity contribution < 1.29 is 35.9 Å². The molecule has 0 fully saturated rings. The standard InChI is InChI=1S/C15H7F6NO2/c1-4-15(23)22-7-2-5(6(16)3-8(7)24-4)9-10(17)12(19)14(21)13(20)11(9)18/h2-4H,1H3,(H,22,23). The van der Waals surface area contributed by atoms with Crippen LogP contribution in [-0.4, -0.2) is 12.0 Å². The summed E-state index contributed by atoms with van der Waals surface area (Å²) >= 11 is 0. The summed E-state index contributed by atoms with van der Waals surface area (Å²) in [4.78, 5) is 11.5. The van der Waals surface area contributed by atoms with E-state index in [1.807, 2.05) is 0 Å². The lowest BCUT2D eigenvalue weighted by Gasteiger charge is -2.24. The van der Waals surface area contributed by atoms with Gasteiger partial charge in [-0.05, 0) is 13.0 Å². The Hall–Kier alpha value is -2.71. The van der Waals surface area contributed by atoms with Crippen molar-refractivity contribution in [2.45, 2.75) is 13.0 Å². The smallest absolute Gasteiger partial charge is 0.265 e. The fourth-order valence-corrected chi connectivity index (χ4v) is 2.26. The fourth-order valence-electron chi connectivity index (χ4n) is 2.26. The number of rotatable bonds is 1. The van der Waals surface area contributed by atoms with Gasteiger partial charge in [-0.3, -0.25) is 4.79 Å². The van der Waals surface area contributed by atoms with Crippen molar-refractivity contribution in [2.24, 2.45) is 0 Å². The van der Waals surface area contributed by atoms with Crippen LogP contribution >= 0.6 is 0 Å². The number of halogens is 6. The van der Waals surface area contributed by atoms with Crippen LogP contribution in [0.1, 0.15) is 6.92 Å². The van der Waals surface area contributed by atoms with Gasteiger partial charge in [-0.2, -0.15) is 0 Å². The van der Waals surface area contributed by atoms with Gasteiger partial charge >= 0.3 is 0 Å². The number of hydrogen-bond donors (Lipinski definition) is 1. The van der Waals surface area contributed by atoms with E-state index >= 15 is 0 Å². The van der Waals surface area contributed by atoms with Crippen LogP contribution in [0, 0.1) is 34.9 Å². The fraction of sp³-hybridized carbons (Fsp3) is 0.133. The second kappa shape index (κ2) is 5.43. The third kappa shape index (κ3) is 2.27. The molecule has 0 saturated heterocycles. The number of ether oxygens (including phenoxy) is 1. The molecule has 1 unspecified atom stereocenters. The minimum absolute atomic E-state index is 0.132. The van der Waals surface area contributed by atoms with Crippen LogP contribution in [0.2, 0.25) is 0 Å². The maximum Gasteiger partial charge on any atom is 0.265 e. The van der Waals surface area contributed by atoms with Gasteiger partial charge < -0.3 is 10.1 Å². The Morgan fingerprint density at radius 3 is 2.04 bits per heavy atom. The molecular weight excluding hydrogens is 340 g/mol. The van der Waals surface area contributed by atoms with Crippen LogP contribution in [-0.2, 0) is 4.79 Å². The third-order valence-corrected chi connectivity index (χ3v) is 3.48. The Kier molecular flexibility index (Phi) is 3.66. The van der Waals surface area contributed by atoms with Crippen molar-refractivity contribution in [2.75, 3.05) is 5.32 Å². The van der Waals surface area contributed by atoms with Gasteiger partial charge in [0.2, 0.25) is 5.82 Å². The van der Waals surface area contributed by atoms with Gasteiger partial charge in [0.15, 0.2) is 29.4 Å². The summed E-state index contributed by atoms with van der Waals surface area (Å²) in [5.74, 6) is -13.1. The van der Waals surface area contributed by atoms with E-state index in [0.29, 0.717) is 6.07 Å². The predicted octanol–water partition coefficient (Wildman–Crippen LogP) is 3.91. The molecular formula is C15H7F6NO2. The highest BCUT2D eigenvalue weighted by Gasteiger charge is 2.31. The van der Waals surface area contributed by atoms with Gasteiger partial charge in [0, 0.05) is 11.6 Å². The number of fused-ring (bicyclic) bond motifs is 1. The molecule has 0 radical (unpaired) electrons. The number of amides is 1. The molecule has 0 saturated carbocycles. The molecule has 2 aromatic carbocycles. The second-order valence-corrected chi connectivity index (χ2v) is 5.02. The molecule has 2 aromatic rings. The van der Waals surface area contributed by atoms with E-state index in [0.717, 1.165) is 6.07 Å². The van der Waals surface area contributed by atoms with E-state index in [1.54, 1.807) is 0 Å². The van der Waals surface area contributed by atoms with Crippen molar-refractivity contribution in [3.8, 4) is 16.9 Å². The van der Waals surface area contributed by atoms with E-state index in [1.165, 1.54) is 6.92 Å². The molecule has 24 heavy (non-hydrogen) atoms. The molecule has 9 heteroatoms. The highest BCUT2D eigenvalue weighted by atomic mass is 19.2. The maximum absolute atomic E-state index is 14.1. The topological polar surface area (TPSA) is 38.3 Å². The van der Waals surface area contributed by atoms with Gasteiger partial charge in [-0.15, -0.1) is 0 Å². The van der Waals surface area contributed by atoms with Gasteiger partial charge in [0.25, 0.3) is 5.91 Å². The highest BCUT2D eigenvalue weighted by Crippen LogP contribution is 2.39. The number of benzene rings is 2. The molecule has 0 spiro atoms. The summed E-state index contributed by atoms with van der Waals surface area (Å²) in [5.41, 5.74) is -2.49. The van der Waals surface area contributed by atoms with Crippen LogP contribution in [0.5, 0.6) is 5.75 Å². The summed E-state index contributed by atoms with van der Waals surface area (Å²) in [6, 6.07) is 1.44. The maximum atomic E-state index is 14.1. The number of hydrogen-bond acceptors (Lipinski definition) is 2. The molecule has 0 aromatic heterocycles. The zero-order chi connectivity index (χ0) is 17.8. The minimum atomic E-state index is -2.35. The molecule has 126 valence electrons. The number of anilines is 1. The lowest BCUT2D eigenvalue weighted by atomic mass is 10.0. The quantitative estimate of drug-likeness (QED) is 0.483. The average Bonchev–Trinajstić information content (AvgIpc) is 2.53. The van der Waals surface area contributed by atoms with E-state index in [4.69, 9.17) is 4.74 Å². The second-order valence-electron chi connectivity index (χ2n) is 5.02. The number of carbonyl (C=O) groups excluding carboxylic acids is 1. The molecule has 1 aliphatic heterocycles. The minimum Gasteiger partial charge on any atom is -0.479 e. The van der Waals surface area contributed by atoms with Crippen LogP contribution in [0.15, 0.2) is 12.1 Å². The summed E-state index contributed by atoms with van der Waals surface area (Å²) in [6.45, 7) is 1.38. The molecule has 1 aliphatic rings. The van der Waals surface area contributed by atoms with E-state index in [-0.39, 0.29) is 11.4 Å². The summed E-state index contributed by atoms with van der Waals surface area (Å²) in [5, 5.41) is 2.29. The first-order valence-corrected chi connectivity index (χ1v) is 6.55. The van der Waals surface area contributed by atoms with Crippen LogP contribution in [0.3, 0.4) is 0 Å². The Labute approximate surface area is 130 Å². The zero-order valence-corrected chi connectivity index (χ0v) is 11.8. The molecule has 1 amide bonds. The first-order valence-electron chi connectivity index (χ1n) is 6.55. The van der Waals surface area contributed by atoms with Crippen molar-refractivity contribution in [3.05, 3.63) is 47.0 Å². The molecule has 0 aliphatic carbocycles. The first-order chi connectivity index (χ1) is 11.2. The number of carbonyl (C=O) groups is 1. The Morgan fingerprint density at radius 1 is 0.917 bits per heavy atom. The SMILES string of the molecule is CC1Oc2cc(F)c(-c3c(F)c(F)c(F)c(F)c3F)cc2NC1=O. The number of nitrogens with one attached hydrogen (secondary N) is 1. The molecule has 0 bridgehead atoms. The van der Waals surface area contributed by atoms with Crippen molar-refractivity contribution in [3.63, 3.8) is 0 Å². The summed E-state index contributed by atoms with van der Waals surface area (Å²) in [6.07, 6.45) is -0.933. The third-order valence-electron chi connectivity index (χ3n) is 3.48. The van der Waals surface area contributed by atoms with Gasteiger partial charge in [-0.25, -0.2) is 26.3 Å². The molecule has 1 N–H and O–H groups in total. The Bertz CT molecular complexity index is 854. The van der Waals surface area contributed by atoms with Gasteiger partial charge in [-0.1, -0.05) is 0 Å². The van der Waals surface area contributed by atoms with E-state index < -0.39 is 58.0 Å². The Balaban J connectivity index is 2.26. The van der Waals surface area contributed by atoms with Crippen molar-refractivity contribution in [1.29, 1.82) is 0 Å². The monoisotopic (exact) mass is 347 g/mol. The normalized spacial score (nSPS) is 16.5. The first kappa shape index (κ1) is 16.2. The van der Waals surface area contributed by atoms with Crippen LogP contribution in [0.25, 0.3) is 11.1 Å². The molecule has 3 rings (SSSR count). The predicted molar refractivity (Wildman–Crippen MR) is 70.3 cm³/mol.